The Labute approximate surface area is 186 Å². The summed E-state index contributed by atoms with van der Waals surface area (Å²) in [7, 11) is 3.21. The molecule has 0 saturated heterocycles. The van der Waals surface area contributed by atoms with E-state index in [0.717, 1.165) is 21.6 Å². The second kappa shape index (κ2) is 8.57. The fraction of sp³-hybridized carbons (Fsp3) is 0.250. The summed E-state index contributed by atoms with van der Waals surface area (Å²) in [6, 6.07) is 12.7. The predicted octanol–water partition coefficient (Wildman–Crippen LogP) is 3.76. The molecule has 2 atom stereocenters. The maximum absolute atomic E-state index is 13.3. The Morgan fingerprint density at radius 1 is 1.20 bits per heavy atom. The van der Waals surface area contributed by atoms with E-state index in [4.69, 9.17) is 9.47 Å². The number of methoxy groups -OCH3 is 2. The molecule has 30 heavy (non-hydrogen) atoms. The van der Waals surface area contributed by atoms with E-state index in [1.54, 1.807) is 20.3 Å². The van der Waals surface area contributed by atoms with E-state index in [0.29, 0.717) is 16.6 Å². The lowest BCUT2D eigenvalue weighted by Gasteiger charge is -2.33. The molecule has 3 aromatic rings. The van der Waals surface area contributed by atoms with Crippen LogP contribution < -0.4 is 20.2 Å². The third-order valence-corrected chi connectivity index (χ3v) is 6.56. The lowest BCUT2D eigenvalue weighted by molar-refractivity contribution is -0.116. The molecule has 0 radical (unpaired) electrons. The number of thioether (sulfide) groups is 1. The van der Waals surface area contributed by atoms with Gasteiger partial charge in [-0.3, -0.25) is 4.79 Å². The molecule has 8 nitrogen and oxygen atoms in total. The molecule has 0 aliphatic carbocycles. The van der Waals surface area contributed by atoms with Crippen molar-refractivity contribution < 1.29 is 14.3 Å². The molecule has 1 aliphatic heterocycles. The quantitative estimate of drug-likeness (QED) is 0.563. The molecule has 0 fully saturated rings. The van der Waals surface area contributed by atoms with Crippen molar-refractivity contribution in [3.63, 3.8) is 0 Å². The summed E-state index contributed by atoms with van der Waals surface area (Å²) in [5.74, 6) is 1.97. The second-order valence-electron chi connectivity index (χ2n) is 6.63. The lowest BCUT2D eigenvalue weighted by Crippen LogP contribution is -2.41. The zero-order valence-electron chi connectivity index (χ0n) is 16.5. The molecule has 2 N–H and O–H groups in total. The minimum Gasteiger partial charge on any atom is -0.497 e. The van der Waals surface area contributed by atoms with E-state index in [1.807, 2.05) is 48.0 Å². The normalized spacial score (nSPS) is 17.6. The van der Waals surface area contributed by atoms with E-state index < -0.39 is 5.25 Å². The zero-order chi connectivity index (χ0) is 21.3. The molecule has 0 unspecified atom stereocenters. The molecule has 1 aromatic heterocycles. The van der Waals surface area contributed by atoms with Gasteiger partial charge in [0.05, 0.1) is 24.7 Å². The number of hydrogen-bond acceptors (Lipinski definition) is 7. The van der Waals surface area contributed by atoms with Crippen molar-refractivity contribution >= 4 is 39.3 Å². The van der Waals surface area contributed by atoms with Crippen LogP contribution in [0.3, 0.4) is 0 Å². The molecule has 1 amide bonds. The highest BCUT2D eigenvalue weighted by Crippen LogP contribution is 2.39. The summed E-state index contributed by atoms with van der Waals surface area (Å²) in [6.45, 7) is 1.86. The van der Waals surface area contributed by atoms with Gasteiger partial charge in [-0.2, -0.15) is 0 Å². The van der Waals surface area contributed by atoms with Gasteiger partial charge in [0.15, 0.2) is 0 Å². The van der Waals surface area contributed by atoms with Crippen molar-refractivity contribution in [2.75, 3.05) is 25.0 Å². The number of nitrogens with one attached hydrogen (secondary N) is 2. The van der Waals surface area contributed by atoms with Crippen LogP contribution in [-0.4, -0.2) is 40.3 Å². The van der Waals surface area contributed by atoms with E-state index in [2.05, 4.69) is 36.9 Å². The smallest absolute Gasteiger partial charge is 0.240 e. The highest BCUT2D eigenvalue weighted by Gasteiger charge is 2.37. The fourth-order valence-electron chi connectivity index (χ4n) is 3.20. The SMILES string of the molecule is COc1cccc(NC(=O)[C@H]2Sc3nnc(C)n3N[C@H]2c2ccc(OC)c(Br)c2)c1. The van der Waals surface area contributed by atoms with Crippen molar-refractivity contribution in [1.29, 1.82) is 0 Å². The second-order valence-corrected chi connectivity index (χ2v) is 8.59. The van der Waals surface area contributed by atoms with Gasteiger partial charge in [0, 0.05) is 11.8 Å². The van der Waals surface area contributed by atoms with E-state index in [9.17, 15) is 4.79 Å². The van der Waals surface area contributed by atoms with Gasteiger partial charge in [-0.1, -0.05) is 23.9 Å². The third kappa shape index (κ3) is 3.97. The van der Waals surface area contributed by atoms with Gasteiger partial charge >= 0.3 is 0 Å². The highest BCUT2D eigenvalue weighted by atomic mass is 79.9. The summed E-state index contributed by atoms with van der Waals surface area (Å²) >= 11 is 4.90. The van der Waals surface area contributed by atoms with Crippen molar-refractivity contribution in [3.8, 4) is 11.5 Å². The van der Waals surface area contributed by atoms with Crippen molar-refractivity contribution in [2.45, 2.75) is 23.4 Å². The summed E-state index contributed by atoms with van der Waals surface area (Å²) in [5.41, 5.74) is 4.98. The zero-order valence-corrected chi connectivity index (χ0v) is 19.0. The summed E-state index contributed by atoms with van der Waals surface area (Å²) in [6.07, 6.45) is 0. The number of hydrogen-bond donors (Lipinski definition) is 2. The van der Waals surface area contributed by atoms with Crippen LogP contribution >= 0.6 is 27.7 Å². The summed E-state index contributed by atoms with van der Waals surface area (Å²) in [4.78, 5) is 13.3. The molecular formula is C20H20BrN5O3S. The van der Waals surface area contributed by atoms with Crippen LogP contribution in [0.1, 0.15) is 17.4 Å². The molecule has 156 valence electrons. The van der Waals surface area contributed by atoms with Crippen molar-refractivity contribution in [2.24, 2.45) is 0 Å². The number of benzene rings is 2. The van der Waals surface area contributed by atoms with Gasteiger partial charge in [0.25, 0.3) is 0 Å². The molecule has 10 heteroatoms. The van der Waals surface area contributed by atoms with Gasteiger partial charge in [0.2, 0.25) is 11.1 Å². The van der Waals surface area contributed by atoms with Gasteiger partial charge in [0.1, 0.15) is 22.6 Å². The first kappa shape index (κ1) is 20.5. The lowest BCUT2D eigenvalue weighted by atomic mass is 10.0. The minimum atomic E-state index is -0.479. The standard InChI is InChI=1S/C20H20BrN5O3S/c1-11-23-24-20-26(11)25-17(12-7-8-16(29-3)15(21)9-12)18(30-20)19(27)22-13-5-4-6-14(10-13)28-2/h4-10,17-18,25H,1-3H3,(H,22,27)/t17-,18-/m0/s1. The molecular weight excluding hydrogens is 470 g/mol. The van der Waals surface area contributed by atoms with E-state index in [-0.39, 0.29) is 11.9 Å². The topological polar surface area (TPSA) is 90.3 Å². The van der Waals surface area contributed by atoms with Gasteiger partial charge < -0.3 is 20.2 Å². The average Bonchev–Trinajstić information content (AvgIpc) is 3.12. The van der Waals surface area contributed by atoms with Crippen LogP contribution in [0.4, 0.5) is 5.69 Å². The number of aryl methyl sites for hydroxylation is 1. The molecule has 1 aliphatic rings. The Morgan fingerprint density at radius 3 is 2.77 bits per heavy atom. The van der Waals surface area contributed by atoms with Crippen LogP contribution in [0.2, 0.25) is 0 Å². The van der Waals surface area contributed by atoms with Gasteiger partial charge in [-0.25, -0.2) is 4.68 Å². The number of aromatic nitrogens is 3. The highest BCUT2D eigenvalue weighted by molar-refractivity contribution is 9.10. The number of anilines is 1. The first-order valence-corrected chi connectivity index (χ1v) is 10.8. The molecule has 2 aromatic carbocycles. The number of amides is 1. The van der Waals surface area contributed by atoms with Crippen molar-refractivity contribution in [3.05, 3.63) is 58.3 Å². The molecule has 2 heterocycles. The largest absolute Gasteiger partial charge is 0.497 e. The Bertz CT molecular complexity index is 1090. The fourth-order valence-corrected chi connectivity index (χ4v) is 4.88. The summed E-state index contributed by atoms with van der Waals surface area (Å²) in [5, 5.41) is 11.5. The first-order valence-electron chi connectivity index (χ1n) is 9.13. The van der Waals surface area contributed by atoms with Gasteiger partial charge in [-0.15, -0.1) is 10.2 Å². The average molecular weight is 490 g/mol. The number of ether oxygens (including phenoxy) is 2. The molecule has 0 bridgehead atoms. The van der Waals surface area contributed by atoms with E-state index in [1.165, 1.54) is 11.8 Å². The predicted molar refractivity (Wildman–Crippen MR) is 119 cm³/mol. The first-order chi connectivity index (χ1) is 14.5. The number of halogens is 1. The molecule has 4 rings (SSSR count). The minimum absolute atomic E-state index is 0.149. The third-order valence-electron chi connectivity index (χ3n) is 4.73. The monoisotopic (exact) mass is 489 g/mol. The Balaban J connectivity index is 1.67. The maximum atomic E-state index is 13.3. The Morgan fingerprint density at radius 2 is 2.03 bits per heavy atom. The Hall–Kier alpha value is -2.72. The number of carbonyl (C=O) groups is 1. The molecule has 0 saturated carbocycles. The van der Waals surface area contributed by atoms with Crippen LogP contribution in [-0.2, 0) is 4.79 Å². The maximum Gasteiger partial charge on any atom is 0.240 e. The van der Waals surface area contributed by atoms with E-state index >= 15 is 0 Å². The molecule has 0 spiro atoms. The number of carbonyl (C=O) groups excluding carboxylic acids is 1. The van der Waals surface area contributed by atoms with Crippen LogP contribution in [0.5, 0.6) is 11.5 Å². The van der Waals surface area contributed by atoms with Crippen LogP contribution in [0.25, 0.3) is 0 Å². The number of nitrogens with zero attached hydrogens (tertiary/aromatic N) is 3. The van der Waals surface area contributed by atoms with Crippen LogP contribution in [0, 0.1) is 6.92 Å². The Kier molecular flexibility index (Phi) is 5.87. The van der Waals surface area contributed by atoms with Crippen LogP contribution in [0.15, 0.2) is 52.1 Å². The summed E-state index contributed by atoms with van der Waals surface area (Å²) < 4.78 is 13.2. The number of fused-ring (bicyclic) bond motifs is 1. The van der Waals surface area contributed by atoms with Crippen molar-refractivity contribution in [1.82, 2.24) is 14.9 Å². The van der Waals surface area contributed by atoms with Gasteiger partial charge in [-0.05, 0) is 52.7 Å². The number of rotatable bonds is 5.